The summed E-state index contributed by atoms with van der Waals surface area (Å²) in [5.41, 5.74) is 0.653. The van der Waals surface area contributed by atoms with Crippen LogP contribution in [0.15, 0.2) is 53.4 Å². The van der Waals surface area contributed by atoms with Crippen LogP contribution < -0.4 is 4.72 Å². The minimum atomic E-state index is -3.64. The highest BCUT2D eigenvalue weighted by atomic mass is 32.2. The second kappa shape index (κ2) is 5.50. The first-order chi connectivity index (χ1) is 9.69. The molecule has 0 spiro atoms. The smallest absolute Gasteiger partial charge is 0.241 e. The predicted octanol–water partition coefficient (Wildman–Crippen LogP) is 3.14. The number of benzene rings is 2. The molecule has 0 saturated carbocycles. The molecule has 0 aromatic heterocycles. The Labute approximate surface area is 125 Å². The van der Waals surface area contributed by atoms with Gasteiger partial charge in [0.2, 0.25) is 10.0 Å². The zero-order valence-corrected chi connectivity index (χ0v) is 13.1. The number of hydrogen-bond donors (Lipinski definition) is 2. The van der Waals surface area contributed by atoms with Gasteiger partial charge in [-0.25, -0.2) is 13.1 Å². The Morgan fingerprint density at radius 3 is 2.29 bits per heavy atom. The summed E-state index contributed by atoms with van der Waals surface area (Å²) in [6.07, 6.45) is 0. The van der Waals surface area contributed by atoms with E-state index in [1.54, 1.807) is 69.3 Å². The van der Waals surface area contributed by atoms with Crippen LogP contribution in [0.25, 0.3) is 11.1 Å². The summed E-state index contributed by atoms with van der Waals surface area (Å²) in [5, 5.41) is 9.59. The summed E-state index contributed by atoms with van der Waals surface area (Å²) in [4.78, 5) is 0.200. The summed E-state index contributed by atoms with van der Waals surface area (Å²) in [6, 6.07) is 13.3. The molecule has 0 heterocycles. The fraction of sp³-hybridized carbons (Fsp3) is 0.250. The third-order valence-corrected chi connectivity index (χ3v) is 4.59. The van der Waals surface area contributed by atoms with Crippen molar-refractivity contribution in [2.24, 2.45) is 0 Å². The highest BCUT2D eigenvalue weighted by Gasteiger charge is 2.24. The van der Waals surface area contributed by atoms with Crippen molar-refractivity contribution < 1.29 is 13.5 Å². The Hall–Kier alpha value is -1.85. The summed E-state index contributed by atoms with van der Waals surface area (Å²) in [6.45, 7) is 5.38. The molecule has 0 unspecified atom stereocenters. The van der Waals surface area contributed by atoms with Crippen LogP contribution in [-0.4, -0.2) is 19.1 Å². The fourth-order valence-corrected chi connectivity index (χ4v) is 3.72. The van der Waals surface area contributed by atoms with Crippen molar-refractivity contribution in [1.29, 1.82) is 0 Å². The lowest BCUT2D eigenvalue weighted by Gasteiger charge is -2.21. The minimum Gasteiger partial charge on any atom is -0.508 e. The Balaban J connectivity index is 2.57. The Bertz CT molecular complexity index is 746. The molecule has 0 saturated heterocycles. The van der Waals surface area contributed by atoms with Crippen LogP contribution >= 0.6 is 0 Å². The van der Waals surface area contributed by atoms with Crippen LogP contribution in [0.1, 0.15) is 20.8 Å². The largest absolute Gasteiger partial charge is 0.508 e. The van der Waals surface area contributed by atoms with E-state index < -0.39 is 15.6 Å². The van der Waals surface area contributed by atoms with Gasteiger partial charge in [0.15, 0.2) is 0 Å². The normalized spacial score (nSPS) is 12.3. The van der Waals surface area contributed by atoms with Crippen LogP contribution in [0.2, 0.25) is 0 Å². The molecule has 0 aliphatic carbocycles. The van der Waals surface area contributed by atoms with Gasteiger partial charge in [0.25, 0.3) is 0 Å². The molecule has 2 aromatic carbocycles. The van der Waals surface area contributed by atoms with E-state index in [9.17, 15) is 13.5 Å². The highest BCUT2D eigenvalue weighted by molar-refractivity contribution is 7.89. The molecule has 4 nitrogen and oxygen atoms in total. The number of hydrogen-bond acceptors (Lipinski definition) is 3. The SMILES string of the molecule is CC(C)(C)NS(=O)(=O)c1ccccc1-c1cccc(O)c1. The lowest BCUT2D eigenvalue weighted by Crippen LogP contribution is -2.40. The van der Waals surface area contributed by atoms with Crippen molar-refractivity contribution >= 4 is 10.0 Å². The zero-order valence-electron chi connectivity index (χ0n) is 12.3. The van der Waals surface area contributed by atoms with E-state index in [4.69, 9.17) is 0 Å². The van der Waals surface area contributed by atoms with Crippen LogP contribution in [0.4, 0.5) is 0 Å². The van der Waals surface area contributed by atoms with Gasteiger partial charge in [-0.1, -0.05) is 30.3 Å². The number of phenols is 1. The van der Waals surface area contributed by atoms with Crippen LogP contribution in [-0.2, 0) is 10.0 Å². The van der Waals surface area contributed by atoms with Crippen molar-refractivity contribution in [3.8, 4) is 16.9 Å². The van der Waals surface area contributed by atoms with E-state index in [1.165, 1.54) is 0 Å². The number of phenolic OH excluding ortho intramolecular Hbond substituents is 1. The molecule has 5 heteroatoms. The van der Waals surface area contributed by atoms with Gasteiger partial charge in [0.1, 0.15) is 5.75 Å². The third-order valence-electron chi connectivity index (χ3n) is 2.77. The molecule has 0 amide bonds. The summed E-state index contributed by atoms with van der Waals surface area (Å²) >= 11 is 0. The van der Waals surface area contributed by atoms with Gasteiger partial charge in [-0.05, 0) is 44.5 Å². The zero-order chi connectivity index (χ0) is 15.7. The molecule has 0 atom stereocenters. The van der Waals surface area contributed by atoms with Crippen LogP contribution in [0.5, 0.6) is 5.75 Å². The van der Waals surface area contributed by atoms with Crippen molar-refractivity contribution in [2.45, 2.75) is 31.2 Å². The molecule has 0 bridgehead atoms. The number of sulfonamides is 1. The minimum absolute atomic E-state index is 0.100. The molecule has 112 valence electrons. The third kappa shape index (κ3) is 3.83. The molecule has 2 aromatic rings. The van der Waals surface area contributed by atoms with E-state index in [-0.39, 0.29) is 10.6 Å². The summed E-state index contributed by atoms with van der Waals surface area (Å²) in [7, 11) is -3.64. The van der Waals surface area contributed by atoms with E-state index in [0.29, 0.717) is 11.1 Å². The van der Waals surface area contributed by atoms with Crippen LogP contribution in [0, 0.1) is 0 Å². The van der Waals surface area contributed by atoms with Gasteiger partial charge < -0.3 is 5.11 Å². The molecular weight excluding hydrogens is 286 g/mol. The molecule has 0 fully saturated rings. The molecule has 2 N–H and O–H groups in total. The van der Waals surface area contributed by atoms with Crippen molar-refractivity contribution in [3.05, 3.63) is 48.5 Å². The molecule has 21 heavy (non-hydrogen) atoms. The van der Waals surface area contributed by atoms with Gasteiger partial charge >= 0.3 is 0 Å². The molecule has 0 aliphatic rings. The molecule has 0 radical (unpaired) electrons. The molecular formula is C16H19NO3S. The van der Waals surface area contributed by atoms with E-state index in [0.717, 1.165) is 0 Å². The Kier molecular flexibility index (Phi) is 4.07. The lowest BCUT2D eigenvalue weighted by atomic mass is 10.1. The topological polar surface area (TPSA) is 66.4 Å². The quantitative estimate of drug-likeness (QED) is 0.915. The molecule has 0 aliphatic heterocycles. The number of rotatable bonds is 3. The van der Waals surface area contributed by atoms with Gasteiger partial charge in [-0.3, -0.25) is 0 Å². The maximum absolute atomic E-state index is 12.6. The standard InChI is InChI=1S/C16H19NO3S/c1-16(2,3)17-21(19,20)15-10-5-4-9-14(15)12-7-6-8-13(18)11-12/h4-11,17-18H,1-3H3. The van der Waals surface area contributed by atoms with Gasteiger partial charge in [0, 0.05) is 11.1 Å². The molecule has 2 rings (SSSR count). The highest BCUT2D eigenvalue weighted by Crippen LogP contribution is 2.29. The monoisotopic (exact) mass is 305 g/mol. The number of nitrogens with one attached hydrogen (secondary N) is 1. The van der Waals surface area contributed by atoms with E-state index in [2.05, 4.69) is 4.72 Å². The van der Waals surface area contributed by atoms with E-state index in [1.807, 2.05) is 0 Å². The van der Waals surface area contributed by atoms with Crippen molar-refractivity contribution in [2.75, 3.05) is 0 Å². The fourth-order valence-electron chi connectivity index (χ4n) is 2.07. The van der Waals surface area contributed by atoms with Gasteiger partial charge in [0.05, 0.1) is 4.90 Å². The second-order valence-electron chi connectivity index (χ2n) is 5.90. The Morgan fingerprint density at radius 1 is 1.00 bits per heavy atom. The average Bonchev–Trinajstić information content (AvgIpc) is 2.36. The first-order valence-electron chi connectivity index (χ1n) is 6.61. The first-order valence-corrected chi connectivity index (χ1v) is 8.10. The van der Waals surface area contributed by atoms with E-state index >= 15 is 0 Å². The lowest BCUT2D eigenvalue weighted by molar-refractivity contribution is 0.475. The van der Waals surface area contributed by atoms with Gasteiger partial charge in [-0.2, -0.15) is 0 Å². The Morgan fingerprint density at radius 2 is 1.67 bits per heavy atom. The van der Waals surface area contributed by atoms with Crippen LogP contribution in [0.3, 0.4) is 0 Å². The number of aromatic hydroxyl groups is 1. The first kappa shape index (κ1) is 15.5. The second-order valence-corrected chi connectivity index (χ2v) is 7.55. The summed E-state index contributed by atoms with van der Waals surface area (Å²) in [5.74, 6) is 0.100. The van der Waals surface area contributed by atoms with Crippen molar-refractivity contribution in [3.63, 3.8) is 0 Å². The average molecular weight is 305 g/mol. The predicted molar refractivity (Wildman–Crippen MR) is 83.6 cm³/mol. The maximum Gasteiger partial charge on any atom is 0.241 e. The van der Waals surface area contributed by atoms with Crippen molar-refractivity contribution in [1.82, 2.24) is 4.72 Å². The van der Waals surface area contributed by atoms with Gasteiger partial charge in [-0.15, -0.1) is 0 Å². The maximum atomic E-state index is 12.6. The summed E-state index contributed by atoms with van der Waals surface area (Å²) < 4.78 is 27.8.